The van der Waals surface area contributed by atoms with Crippen molar-refractivity contribution < 1.29 is 40.7 Å². The molecule has 0 radical (unpaired) electrons. The number of rotatable bonds is 6. The number of amides is 2. The molecule has 0 aliphatic heterocycles. The first-order valence-corrected chi connectivity index (χ1v) is 8.90. The number of carbonyl (C=O) groups is 2. The predicted octanol–water partition coefficient (Wildman–Crippen LogP) is 5.14. The Bertz CT molecular complexity index is 944. The van der Waals surface area contributed by atoms with Crippen molar-refractivity contribution in [3.05, 3.63) is 58.1 Å². The number of anilines is 1. The van der Waals surface area contributed by atoms with Gasteiger partial charge in [0.25, 0.3) is 5.91 Å². The molecule has 0 spiro atoms. The van der Waals surface area contributed by atoms with Crippen LogP contribution in [0.5, 0.6) is 5.75 Å². The first kappa shape index (κ1) is 24.3. The minimum Gasteiger partial charge on any atom is -0.495 e. The molecular weight excluding hydrogens is 454 g/mol. The first-order chi connectivity index (χ1) is 14.3. The van der Waals surface area contributed by atoms with Crippen molar-refractivity contribution >= 4 is 29.1 Å². The molecule has 0 saturated carbocycles. The van der Waals surface area contributed by atoms with E-state index in [0.717, 1.165) is 0 Å². The van der Waals surface area contributed by atoms with Crippen molar-refractivity contribution in [1.82, 2.24) is 5.32 Å². The Kier molecular flexibility index (Phi) is 7.42. The molecule has 0 bridgehead atoms. The van der Waals surface area contributed by atoms with Crippen LogP contribution in [0, 0.1) is 0 Å². The van der Waals surface area contributed by atoms with Crippen molar-refractivity contribution in [2.45, 2.75) is 18.8 Å². The summed E-state index contributed by atoms with van der Waals surface area (Å²) in [5.41, 5.74) is -3.72. The van der Waals surface area contributed by atoms with Crippen LogP contribution in [-0.2, 0) is 17.1 Å². The van der Waals surface area contributed by atoms with Crippen LogP contribution in [0.15, 0.2) is 36.4 Å². The summed E-state index contributed by atoms with van der Waals surface area (Å²) >= 11 is 5.92. The van der Waals surface area contributed by atoms with Crippen LogP contribution in [0.4, 0.5) is 32.0 Å². The second kappa shape index (κ2) is 9.46. The summed E-state index contributed by atoms with van der Waals surface area (Å²) in [5, 5.41) is 4.83. The fraction of sp³-hybridized carbons (Fsp3) is 0.263. The van der Waals surface area contributed by atoms with E-state index in [0.29, 0.717) is 23.6 Å². The van der Waals surface area contributed by atoms with Crippen molar-refractivity contribution in [2.75, 3.05) is 19.0 Å². The minimum absolute atomic E-state index is 0.0792. The third kappa shape index (κ3) is 6.78. The van der Waals surface area contributed by atoms with Crippen LogP contribution in [0.1, 0.15) is 27.9 Å². The van der Waals surface area contributed by atoms with Crippen molar-refractivity contribution in [3.8, 4) is 5.75 Å². The molecule has 2 N–H and O–H groups in total. The Labute approximate surface area is 177 Å². The van der Waals surface area contributed by atoms with Crippen LogP contribution in [0.2, 0.25) is 5.02 Å². The number of benzene rings is 2. The van der Waals surface area contributed by atoms with E-state index in [2.05, 4.69) is 10.6 Å². The maximum atomic E-state index is 12.9. The Morgan fingerprint density at radius 3 is 2.03 bits per heavy atom. The fourth-order valence-electron chi connectivity index (χ4n) is 2.45. The Balaban J connectivity index is 2.02. The van der Waals surface area contributed by atoms with E-state index in [1.807, 2.05) is 0 Å². The normalized spacial score (nSPS) is 11.7. The number of nitrogens with one attached hydrogen (secondary N) is 2. The van der Waals surface area contributed by atoms with Crippen molar-refractivity contribution in [1.29, 1.82) is 0 Å². The van der Waals surface area contributed by atoms with Gasteiger partial charge >= 0.3 is 12.4 Å². The first-order valence-electron chi connectivity index (χ1n) is 8.52. The number of hydrogen-bond acceptors (Lipinski definition) is 3. The molecule has 0 aliphatic carbocycles. The van der Waals surface area contributed by atoms with Crippen LogP contribution < -0.4 is 15.4 Å². The molecule has 31 heavy (non-hydrogen) atoms. The standard InChI is InChI=1S/C19H15ClF6N2O3/c1-31-15-3-2-13(9-14(15)20)28-16(29)4-5-27-17(30)10-6-11(18(21,22)23)8-12(7-10)19(24,25)26/h2-3,6-9H,4-5H2,1H3,(H,27,30)(H,28,29). The molecule has 0 fully saturated rings. The highest BCUT2D eigenvalue weighted by molar-refractivity contribution is 6.32. The summed E-state index contributed by atoms with van der Waals surface area (Å²) in [6.07, 6.45) is -10.4. The lowest BCUT2D eigenvalue weighted by Crippen LogP contribution is -2.28. The highest BCUT2D eigenvalue weighted by atomic mass is 35.5. The SMILES string of the molecule is COc1ccc(NC(=O)CCNC(=O)c2cc(C(F)(F)F)cc(C(F)(F)F)c2)cc1Cl. The van der Waals surface area contributed by atoms with Gasteiger partial charge in [-0.15, -0.1) is 0 Å². The van der Waals surface area contributed by atoms with E-state index >= 15 is 0 Å². The fourth-order valence-corrected chi connectivity index (χ4v) is 2.70. The molecule has 12 heteroatoms. The molecule has 2 rings (SSSR count). The smallest absolute Gasteiger partial charge is 0.416 e. The van der Waals surface area contributed by atoms with Gasteiger partial charge in [-0.3, -0.25) is 9.59 Å². The molecule has 5 nitrogen and oxygen atoms in total. The molecular formula is C19H15ClF6N2O3. The number of halogens is 7. The van der Waals surface area contributed by atoms with Crippen LogP contribution in [0.3, 0.4) is 0 Å². The molecule has 0 unspecified atom stereocenters. The van der Waals surface area contributed by atoms with Gasteiger partial charge in [0.05, 0.1) is 23.3 Å². The van der Waals surface area contributed by atoms with Gasteiger partial charge in [-0.25, -0.2) is 0 Å². The Hall–Kier alpha value is -2.95. The zero-order chi connectivity index (χ0) is 23.4. The maximum absolute atomic E-state index is 12.9. The van der Waals surface area contributed by atoms with Gasteiger partial charge in [0, 0.05) is 24.2 Å². The molecule has 0 heterocycles. The monoisotopic (exact) mass is 468 g/mol. The van der Waals surface area contributed by atoms with Crippen LogP contribution >= 0.6 is 11.6 Å². The van der Waals surface area contributed by atoms with E-state index in [1.54, 1.807) is 0 Å². The van der Waals surface area contributed by atoms with Crippen LogP contribution in [0.25, 0.3) is 0 Å². The van der Waals surface area contributed by atoms with Gasteiger partial charge in [-0.1, -0.05) is 11.6 Å². The third-order valence-corrected chi connectivity index (χ3v) is 4.22. The minimum atomic E-state index is -5.07. The van der Waals surface area contributed by atoms with E-state index in [-0.39, 0.29) is 24.1 Å². The topological polar surface area (TPSA) is 67.4 Å². The predicted molar refractivity (Wildman–Crippen MR) is 100 cm³/mol. The van der Waals surface area contributed by atoms with Crippen molar-refractivity contribution in [3.63, 3.8) is 0 Å². The quantitative estimate of drug-likeness (QED) is 0.577. The number of carbonyl (C=O) groups excluding carboxylic acids is 2. The van der Waals surface area contributed by atoms with E-state index < -0.39 is 40.9 Å². The molecule has 0 saturated heterocycles. The number of methoxy groups -OCH3 is 1. The molecule has 2 amide bonds. The summed E-state index contributed by atoms with van der Waals surface area (Å²) in [6.45, 7) is -0.327. The lowest BCUT2D eigenvalue weighted by Gasteiger charge is -2.14. The number of ether oxygens (including phenoxy) is 1. The van der Waals surface area contributed by atoms with Gasteiger partial charge in [0.15, 0.2) is 0 Å². The zero-order valence-corrected chi connectivity index (χ0v) is 16.5. The molecule has 0 aliphatic rings. The average Bonchev–Trinajstić information content (AvgIpc) is 2.66. The summed E-state index contributed by atoms with van der Waals surface area (Å²) < 4.78 is 82.2. The molecule has 2 aromatic rings. The van der Waals surface area contributed by atoms with Gasteiger partial charge in [0.2, 0.25) is 5.91 Å². The van der Waals surface area contributed by atoms with Gasteiger partial charge in [0.1, 0.15) is 5.75 Å². The highest BCUT2D eigenvalue weighted by Gasteiger charge is 2.37. The summed E-state index contributed by atoms with van der Waals surface area (Å²) in [7, 11) is 1.41. The second-order valence-corrected chi connectivity index (χ2v) is 6.61. The summed E-state index contributed by atoms with van der Waals surface area (Å²) in [6, 6.07) is 4.96. The van der Waals surface area contributed by atoms with E-state index in [4.69, 9.17) is 16.3 Å². The average molecular weight is 469 g/mol. The lowest BCUT2D eigenvalue weighted by atomic mass is 10.0. The van der Waals surface area contributed by atoms with Crippen LogP contribution in [-0.4, -0.2) is 25.5 Å². The lowest BCUT2D eigenvalue weighted by molar-refractivity contribution is -0.143. The molecule has 2 aromatic carbocycles. The Morgan fingerprint density at radius 1 is 0.968 bits per heavy atom. The number of hydrogen-bond donors (Lipinski definition) is 2. The van der Waals surface area contributed by atoms with Gasteiger partial charge in [-0.05, 0) is 36.4 Å². The molecule has 0 aromatic heterocycles. The second-order valence-electron chi connectivity index (χ2n) is 6.20. The van der Waals surface area contributed by atoms with Gasteiger partial charge in [-0.2, -0.15) is 26.3 Å². The third-order valence-electron chi connectivity index (χ3n) is 3.92. The van der Waals surface area contributed by atoms with E-state index in [9.17, 15) is 35.9 Å². The molecule has 0 atom stereocenters. The zero-order valence-electron chi connectivity index (χ0n) is 15.7. The number of alkyl halides is 6. The Morgan fingerprint density at radius 2 is 1.55 bits per heavy atom. The summed E-state index contributed by atoms with van der Waals surface area (Å²) in [4.78, 5) is 24.0. The largest absolute Gasteiger partial charge is 0.495 e. The maximum Gasteiger partial charge on any atom is 0.416 e. The van der Waals surface area contributed by atoms with E-state index in [1.165, 1.54) is 25.3 Å². The van der Waals surface area contributed by atoms with Crippen molar-refractivity contribution in [2.24, 2.45) is 0 Å². The van der Waals surface area contributed by atoms with Gasteiger partial charge < -0.3 is 15.4 Å². The highest BCUT2D eigenvalue weighted by Crippen LogP contribution is 2.36. The summed E-state index contributed by atoms with van der Waals surface area (Å²) in [5.74, 6) is -1.37. The molecule has 168 valence electrons.